The van der Waals surface area contributed by atoms with Gasteiger partial charge < -0.3 is 20.3 Å². The molecule has 29 heavy (non-hydrogen) atoms. The van der Waals surface area contributed by atoms with Gasteiger partial charge in [-0.25, -0.2) is 9.97 Å². The first kappa shape index (κ1) is 19.6. The molecule has 0 atom stereocenters. The Bertz CT molecular complexity index is 961. The third-order valence-corrected chi connectivity index (χ3v) is 5.26. The van der Waals surface area contributed by atoms with E-state index in [0.29, 0.717) is 40.7 Å². The van der Waals surface area contributed by atoms with Crippen LogP contribution in [0.2, 0.25) is 5.02 Å². The van der Waals surface area contributed by atoms with Crippen LogP contribution in [0.5, 0.6) is 0 Å². The molecule has 2 aromatic heterocycles. The van der Waals surface area contributed by atoms with Crippen LogP contribution in [-0.2, 0) is 11.3 Å². The van der Waals surface area contributed by atoms with E-state index in [0.717, 1.165) is 18.8 Å². The molecule has 0 spiro atoms. The highest BCUT2D eigenvalue weighted by atomic mass is 35.5. The molecule has 0 aliphatic carbocycles. The van der Waals surface area contributed by atoms with Crippen LogP contribution in [0.3, 0.4) is 0 Å². The summed E-state index contributed by atoms with van der Waals surface area (Å²) in [6.45, 7) is 2.97. The van der Waals surface area contributed by atoms with Crippen molar-refractivity contribution < 1.29 is 9.53 Å². The highest BCUT2D eigenvalue weighted by molar-refractivity contribution is 7.11. The lowest BCUT2D eigenvalue weighted by molar-refractivity contribution is 0.0950. The van der Waals surface area contributed by atoms with Crippen molar-refractivity contribution in [1.82, 2.24) is 20.3 Å². The van der Waals surface area contributed by atoms with Crippen LogP contribution in [0.15, 0.2) is 41.9 Å². The number of halogens is 1. The zero-order valence-corrected chi connectivity index (χ0v) is 17.0. The molecule has 1 saturated heterocycles. The van der Waals surface area contributed by atoms with E-state index in [1.54, 1.807) is 11.6 Å². The van der Waals surface area contributed by atoms with Gasteiger partial charge in [-0.2, -0.15) is 4.98 Å². The van der Waals surface area contributed by atoms with Gasteiger partial charge in [-0.15, -0.1) is 11.3 Å². The molecule has 10 heteroatoms. The number of carbonyl (C=O) groups is 1. The summed E-state index contributed by atoms with van der Waals surface area (Å²) in [4.78, 5) is 27.6. The van der Waals surface area contributed by atoms with E-state index in [9.17, 15) is 4.79 Å². The van der Waals surface area contributed by atoms with Gasteiger partial charge in [-0.3, -0.25) is 4.79 Å². The van der Waals surface area contributed by atoms with Crippen molar-refractivity contribution in [3.63, 3.8) is 0 Å². The average Bonchev–Trinajstić information content (AvgIpc) is 3.29. The number of benzene rings is 1. The minimum absolute atomic E-state index is 0.223. The second kappa shape index (κ2) is 9.17. The maximum Gasteiger partial charge on any atom is 0.280 e. The van der Waals surface area contributed by atoms with Crippen LogP contribution in [0.1, 0.15) is 15.5 Å². The molecule has 1 aliphatic heterocycles. The summed E-state index contributed by atoms with van der Waals surface area (Å²) in [6, 6.07) is 9.19. The van der Waals surface area contributed by atoms with Gasteiger partial charge in [0.15, 0.2) is 5.01 Å². The quantitative estimate of drug-likeness (QED) is 0.620. The van der Waals surface area contributed by atoms with Gasteiger partial charge in [-0.05, 0) is 24.3 Å². The highest BCUT2D eigenvalue weighted by Gasteiger charge is 2.17. The molecule has 4 rings (SSSR count). The molecule has 3 aromatic rings. The predicted molar refractivity (Wildman–Crippen MR) is 113 cm³/mol. The SMILES string of the molecule is O=C(NCc1cc(Nc2ccc(Cl)cc2)nc(N2CCOCC2)n1)c1nccs1. The van der Waals surface area contributed by atoms with Gasteiger partial charge in [0.05, 0.1) is 25.5 Å². The van der Waals surface area contributed by atoms with Crippen molar-refractivity contribution >= 4 is 46.3 Å². The molecule has 0 bridgehead atoms. The van der Waals surface area contributed by atoms with Crippen LogP contribution >= 0.6 is 22.9 Å². The van der Waals surface area contributed by atoms with E-state index < -0.39 is 0 Å². The van der Waals surface area contributed by atoms with E-state index in [2.05, 4.69) is 30.5 Å². The normalized spacial score (nSPS) is 13.9. The maximum atomic E-state index is 12.2. The number of amides is 1. The summed E-state index contributed by atoms with van der Waals surface area (Å²) in [5.74, 6) is 1.02. The summed E-state index contributed by atoms with van der Waals surface area (Å²) in [5, 5.41) is 8.99. The molecule has 1 aliphatic rings. The number of nitrogens with zero attached hydrogens (tertiary/aromatic N) is 4. The smallest absolute Gasteiger partial charge is 0.280 e. The molecule has 150 valence electrons. The Morgan fingerprint density at radius 3 is 2.72 bits per heavy atom. The largest absolute Gasteiger partial charge is 0.378 e. The summed E-state index contributed by atoms with van der Waals surface area (Å²) >= 11 is 7.26. The summed E-state index contributed by atoms with van der Waals surface area (Å²) in [7, 11) is 0. The van der Waals surface area contributed by atoms with Gasteiger partial charge in [0, 0.05) is 41.4 Å². The first-order valence-corrected chi connectivity index (χ1v) is 10.3. The van der Waals surface area contributed by atoms with Crippen molar-refractivity contribution in [2.24, 2.45) is 0 Å². The number of thiazole rings is 1. The van der Waals surface area contributed by atoms with Crippen LogP contribution in [0.4, 0.5) is 17.5 Å². The third-order valence-electron chi connectivity index (χ3n) is 4.23. The lowest BCUT2D eigenvalue weighted by Crippen LogP contribution is -2.37. The standard InChI is InChI=1S/C19H19ClN6O2S/c20-13-1-3-14(4-2-13)23-16-11-15(12-22-17(27)18-21-5-10-29-18)24-19(25-16)26-6-8-28-9-7-26/h1-5,10-11H,6-9,12H2,(H,22,27)(H,23,24,25). The minimum atomic E-state index is -0.223. The Balaban J connectivity index is 1.55. The topological polar surface area (TPSA) is 92.3 Å². The Kier molecular flexibility index (Phi) is 6.18. The molecule has 0 saturated carbocycles. The fraction of sp³-hybridized carbons (Fsp3) is 0.263. The van der Waals surface area contributed by atoms with Crippen LogP contribution < -0.4 is 15.5 Å². The number of anilines is 3. The number of carbonyl (C=O) groups excluding carboxylic acids is 1. The van der Waals surface area contributed by atoms with Gasteiger partial charge in [0.25, 0.3) is 5.91 Å². The second-order valence-electron chi connectivity index (χ2n) is 6.30. The number of rotatable bonds is 6. The number of nitrogens with one attached hydrogen (secondary N) is 2. The molecule has 1 aromatic carbocycles. The fourth-order valence-corrected chi connectivity index (χ4v) is 3.48. The molecular weight excluding hydrogens is 412 g/mol. The molecule has 2 N–H and O–H groups in total. The molecule has 0 radical (unpaired) electrons. The van der Waals surface area contributed by atoms with E-state index in [4.69, 9.17) is 16.3 Å². The second-order valence-corrected chi connectivity index (χ2v) is 7.63. The van der Waals surface area contributed by atoms with Crippen LogP contribution in [0.25, 0.3) is 0 Å². The maximum absolute atomic E-state index is 12.2. The minimum Gasteiger partial charge on any atom is -0.378 e. The molecule has 1 amide bonds. The van der Waals surface area contributed by atoms with Crippen LogP contribution in [-0.4, -0.2) is 47.2 Å². The lowest BCUT2D eigenvalue weighted by Gasteiger charge is -2.27. The Hall–Kier alpha value is -2.75. The highest BCUT2D eigenvalue weighted by Crippen LogP contribution is 2.21. The van der Waals surface area contributed by atoms with Crippen molar-refractivity contribution in [3.05, 3.63) is 57.6 Å². The lowest BCUT2D eigenvalue weighted by atomic mass is 10.3. The summed E-state index contributed by atoms with van der Waals surface area (Å²) < 4.78 is 5.42. The Morgan fingerprint density at radius 1 is 1.21 bits per heavy atom. The van der Waals surface area contributed by atoms with Crippen molar-refractivity contribution in [2.45, 2.75) is 6.54 Å². The molecule has 8 nitrogen and oxygen atoms in total. The Labute approximate surface area is 176 Å². The van der Waals surface area contributed by atoms with E-state index in [1.165, 1.54) is 11.3 Å². The van der Waals surface area contributed by atoms with E-state index in [1.807, 2.05) is 30.3 Å². The molecule has 3 heterocycles. The van der Waals surface area contributed by atoms with Crippen molar-refractivity contribution in [1.29, 1.82) is 0 Å². The average molecular weight is 431 g/mol. The number of hydrogen-bond acceptors (Lipinski definition) is 8. The number of hydrogen-bond donors (Lipinski definition) is 2. The van der Waals surface area contributed by atoms with Gasteiger partial charge in [0.2, 0.25) is 5.95 Å². The summed E-state index contributed by atoms with van der Waals surface area (Å²) in [5.41, 5.74) is 1.56. The first-order chi connectivity index (χ1) is 14.2. The Morgan fingerprint density at radius 2 is 2.00 bits per heavy atom. The monoisotopic (exact) mass is 430 g/mol. The third kappa shape index (κ3) is 5.20. The first-order valence-electron chi connectivity index (χ1n) is 9.08. The fourth-order valence-electron chi connectivity index (χ4n) is 2.81. The zero-order chi connectivity index (χ0) is 20.1. The molecule has 1 fully saturated rings. The summed E-state index contributed by atoms with van der Waals surface area (Å²) in [6.07, 6.45) is 1.61. The van der Waals surface area contributed by atoms with Crippen molar-refractivity contribution in [2.75, 3.05) is 36.5 Å². The van der Waals surface area contributed by atoms with E-state index in [-0.39, 0.29) is 12.5 Å². The van der Waals surface area contributed by atoms with Crippen molar-refractivity contribution in [3.8, 4) is 0 Å². The zero-order valence-electron chi connectivity index (χ0n) is 15.5. The van der Waals surface area contributed by atoms with Gasteiger partial charge in [0.1, 0.15) is 5.82 Å². The number of morpholine rings is 1. The number of ether oxygens (including phenoxy) is 1. The predicted octanol–water partition coefficient (Wildman–Crippen LogP) is 3.10. The van der Waals surface area contributed by atoms with Gasteiger partial charge >= 0.3 is 0 Å². The molecular formula is C19H19ClN6O2S. The molecule has 0 unspecified atom stereocenters. The number of aromatic nitrogens is 3. The van der Waals surface area contributed by atoms with Gasteiger partial charge in [-0.1, -0.05) is 11.6 Å². The van der Waals surface area contributed by atoms with Crippen LogP contribution in [0, 0.1) is 0 Å². The van der Waals surface area contributed by atoms with E-state index >= 15 is 0 Å².